The van der Waals surface area contributed by atoms with Gasteiger partial charge in [0.15, 0.2) is 0 Å². The Kier molecular flexibility index (Phi) is 6.86. The third kappa shape index (κ3) is 5.42. The van der Waals surface area contributed by atoms with Crippen LogP contribution in [0, 0.1) is 12.8 Å². The van der Waals surface area contributed by atoms with Crippen LogP contribution in [0.4, 0.5) is 0 Å². The molecule has 1 N–H and O–H groups in total. The van der Waals surface area contributed by atoms with Gasteiger partial charge in [0.1, 0.15) is 0 Å². The molecule has 0 bridgehead atoms. The number of nitrogens with one attached hydrogen (secondary N) is 1. The second kappa shape index (κ2) is 9.34. The summed E-state index contributed by atoms with van der Waals surface area (Å²) < 4.78 is 27.2. The van der Waals surface area contributed by atoms with E-state index in [4.69, 9.17) is 0 Å². The number of carbonyl (C=O) groups is 1. The van der Waals surface area contributed by atoms with Gasteiger partial charge in [0.2, 0.25) is 15.9 Å². The Morgan fingerprint density at radius 2 is 1.82 bits per heavy atom. The van der Waals surface area contributed by atoms with E-state index in [-0.39, 0.29) is 11.8 Å². The van der Waals surface area contributed by atoms with Crippen molar-refractivity contribution in [3.63, 3.8) is 0 Å². The van der Waals surface area contributed by atoms with E-state index in [1.54, 1.807) is 28.6 Å². The van der Waals surface area contributed by atoms with Gasteiger partial charge in [-0.15, -0.1) is 0 Å². The van der Waals surface area contributed by atoms with Crippen LogP contribution in [0.25, 0.3) is 0 Å². The topological polar surface area (TPSA) is 66.5 Å². The average molecular weight is 401 g/mol. The maximum atomic E-state index is 12.8. The Morgan fingerprint density at radius 3 is 2.54 bits per heavy atom. The lowest BCUT2D eigenvalue weighted by molar-refractivity contribution is -0.121. The maximum Gasteiger partial charge on any atom is 0.243 e. The Balaban J connectivity index is 1.48. The number of rotatable bonds is 7. The molecule has 0 spiro atoms. The van der Waals surface area contributed by atoms with Crippen molar-refractivity contribution in [2.75, 3.05) is 13.1 Å². The molecule has 1 heterocycles. The monoisotopic (exact) mass is 400 g/mol. The van der Waals surface area contributed by atoms with Gasteiger partial charge in [-0.05, 0) is 49.8 Å². The molecule has 6 heteroatoms. The van der Waals surface area contributed by atoms with Crippen molar-refractivity contribution < 1.29 is 13.2 Å². The largest absolute Gasteiger partial charge is 0.352 e. The molecule has 5 nitrogen and oxygen atoms in total. The van der Waals surface area contributed by atoms with E-state index < -0.39 is 10.0 Å². The molecule has 0 saturated carbocycles. The molecular formula is C22H28N2O3S. The molecule has 28 heavy (non-hydrogen) atoms. The molecule has 1 unspecified atom stereocenters. The number of carbonyl (C=O) groups excluding carboxylic acids is 1. The molecule has 0 aliphatic carbocycles. The molecular weight excluding hydrogens is 372 g/mol. The van der Waals surface area contributed by atoms with Crippen molar-refractivity contribution in [1.82, 2.24) is 9.62 Å². The van der Waals surface area contributed by atoms with Crippen LogP contribution in [0.2, 0.25) is 0 Å². The summed E-state index contributed by atoms with van der Waals surface area (Å²) in [4.78, 5) is 12.5. The number of hydrogen-bond acceptors (Lipinski definition) is 3. The van der Waals surface area contributed by atoms with Gasteiger partial charge in [0.05, 0.1) is 4.90 Å². The molecule has 150 valence electrons. The van der Waals surface area contributed by atoms with Crippen molar-refractivity contribution in [2.45, 2.75) is 44.0 Å². The van der Waals surface area contributed by atoms with Gasteiger partial charge in [-0.3, -0.25) is 4.79 Å². The van der Waals surface area contributed by atoms with E-state index in [0.717, 1.165) is 18.4 Å². The van der Waals surface area contributed by atoms with E-state index in [2.05, 4.69) is 5.32 Å². The van der Waals surface area contributed by atoms with Crippen LogP contribution in [-0.2, 0) is 21.4 Å². The van der Waals surface area contributed by atoms with Crippen molar-refractivity contribution in [3.8, 4) is 0 Å². The van der Waals surface area contributed by atoms with Gasteiger partial charge >= 0.3 is 0 Å². The second-order valence-corrected chi connectivity index (χ2v) is 9.42. The lowest BCUT2D eigenvalue weighted by atomic mass is 9.94. The van der Waals surface area contributed by atoms with Crippen molar-refractivity contribution in [1.29, 1.82) is 0 Å². The van der Waals surface area contributed by atoms with Crippen LogP contribution in [0.15, 0.2) is 59.5 Å². The van der Waals surface area contributed by atoms with Gasteiger partial charge in [-0.25, -0.2) is 8.42 Å². The standard InChI is InChI=1S/C22H28N2O3S/c1-18-9-11-19(12-10-18)16-23-22(25)14-13-20-6-5-15-24(17-20)28(26,27)21-7-3-2-4-8-21/h2-4,7-12,20H,5-6,13-17H2,1H3,(H,23,25). The fourth-order valence-corrected chi connectivity index (χ4v) is 5.13. The SMILES string of the molecule is Cc1ccc(CNC(=O)CCC2CCCN(S(=O)(=O)c3ccccc3)C2)cc1. The molecule has 2 aromatic rings. The summed E-state index contributed by atoms with van der Waals surface area (Å²) in [6.07, 6.45) is 2.93. The van der Waals surface area contributed by atoms with Crippen molar-refractivity contribution >= 4 is 15.9 Å². The molecule has 0 aromatic heterocycles. The predicted octanol–water partition coefficient (Wildman–Crippen LogP) is 3.49. The van der Waals surface area contributed by atoms with Gasteiger partial charge in [0, 0.05) is 26.1 Å². The van der Waals surface area contributed by atoms with E-state index >= 15 is 0 Å². The van der Waals surface area contributed by atoms with Gasteiger partial charge in [-0.1, -0.05) is 48.0 Å². The highest BCUT2D eigenvalue weighted by atomic mass is 32.2. The minimum Gasteiger partial charge on any atom is -0.352 e. The summed E-state index contributed by atoms with van der Waals surface area (Å²) in [7, 11) is -3.45. The normalized spacial score (nSPS) is 18.0. The van der Waals surface area contributed by atoms with E-state index in [9.17, 15) is 13.2 Å². The predicted molar refractivity (Wildman–Crippen MR) is 110 cm³/mol. The first-order valence-electron chi connectivity index (χ1n) is 9.82. The Morgan fingerprint density at radius 1 is 1.11 bits per heavy atom. The van der Waals surface area contributed by atoms with Crippen LogP contribution in [0.3, 0.4) is 0 Å². The second-order valence-electron chi connectivity index (χ2n) is 7.49. The first-order valence-corrected chi connectivity index (χ1v) is 11.3. The number of amides is 1. The first kappa shape index (κ1) is 20.6. The molecule has 3 rings (SSSR count). The molecule has 1 aliphatic heterocycles. The van der Waals surface area contributed by atoms with E-state index in [1.807, 2.05) is 37.3 Å². The van der Waals surface area contributed by atoms with E-state index in [0.29, 0.717) is 37.4 Å². The van der Waals surface area contributed by atoms with Crippen LogP contribution < -0.4 is 5.32 Å². The molecule has 1 fully saturated rings. The fraction of sp³-hybridized carbons (Fsp3) is 0.409. The van der Waals surface area contributed by atoms with Crippen LogP contribution >= 0.6 is 0 Å². The number of nitrogens with zero attached hydrogens (tertiary/aromatic N) is 1. The Hall–Kier alpha value is -2.18. The summed E-state index contributed by atoms with van der Waals surface area (Å²) in [5.41, 5.74) is 2.28. The minimum absolute atomic E-state index is 0.0172. The maximum absolute atomic E-state index is 12.8. The third-order valence-electron chi connectivity index (χ3n) is 5.25. The zero-order valence-electron chi connectivity index (χ0n) is 16.3. The molecule has 1 aliphatic rings. The molecule has 0 radical (unpaired) electrons. The van der Waals surface area contributed by atoms with Crippen LogP contribution in [-0.4, -0.2) is 31.7 Å². The van der Waals surface area contributed by atoms with Gasteiger partial charge in [0.25, 0.3) is 0 Å². The number of aryl methyl sites for hydroxylation is 1. The number of hydrogen-bond donors (Lipinski definition) is 1. The fourth-order valence-electron chi connectivity index (χ4n) is 3.55. The lowest BCUT2D eigenvalue weighted by Gasteiger charge is -2.31. The zero-order valence-corrected chi connectivity index (χ0v) is 17.1. The highest BCUT2D eigenvalue weighted by Crippen LogP contribution is 2.26. The minimum atomic E-state index is -3.45. The summed E-state index contributed by atoms with van der Waals surface area (Å²) in [5.74, 6) is 0.237. The summed E-state index contributed by atoms with van der Waals surface area (Å²) >= 11 is 0. The molecule has 1 saturated heterocycles. The van der Waals surface area contributed by atoms with Gasteiger partial charge in [-0.2, -0.15) is 4.31 Å². The molecule has 1 amide bonds. The quantitative estimate of drug-likeness (QED) is 0.774. The van der Waals surface area contributed by atoms with Gasteiger partial charge < -0.3 is 5.32 Å². The summed E-state index contributed by atoms with van der Waals surface area (Å²) in [6.45, 7) is 3.60. The van der Waals surface area contributed by atoms with Crippen molar-refractivity contribution in [2.24, 2.45) is 5.92 Å². The molecule has 2 aromatic carbocycles. The Labute approximate surface area is 167 Å². The highest BCUT2D eigenvalue weighted by molar-refractivity contribution is 7.89. The smallest absolute Gasteiger partial charge is 0.243 e. The van der Waals surface area contributed by atoms with E-state index in [1.165, 1.54) is 5.56 Å². The third-order valence-corrected chi connectivity index (χ3v) is 7.13. The Bertz CT molecular complexity index is 880. The lowest BCUT2D eigenvalue weighted by Crippen LogP contribution is -2.40. The zero-order chi connectivity index (χ0) is 20.0. The van der Waals surface area contributed by atoms with Crippen LogP contribution in [0.1, 0.15) is 36.8 Å². The average Bonchev–Trinajstić information content (AvgIpc) is 2.72. The summed E-state index contributed by atoms with van der Waals surface area (Å²) in [6, 6.07) is 16.7. The number of sulfonamides is 1. The number of benzene rings is 2. The van der Waals surface area contributed by atoms with Crippen molar-refractivity contribution in [3.05, 3.63) is 65.7 Å². The number of piperidine rings is 1. The van der Waals surface area contributed by atoms with Crippen LogP contribution in [0.5, 0.6) is 0 Å². The highest BCUT2D eigenvalue weighted by Gasteiger charge is 2.30. The first-order chi connectivity index (χ1) is 13.4. The summed E-state index contributed by atoms with van der Waals surface area (Å²) in [5, 5.41) is 2.95. The molecule has 1 atom stereocenters.